The molecule has 0 saturated heterocycles. The molecular formula is C35H30O3. The summed E-state index contributed by atoms with van der Waals surface area (Å²) in [5.41, 5.74) is 9.53. The van der Waals surface area contributed by atoms with Crippen LogP contribution in [0.3, 0.4) is 0 Å². The number of fused-ring (bicyclic) bond motifs is 2. The molecule has 1 aliphatic heterocycles. The van der Waals surface area contributed by atoms with Gasteiger partial charge in [-0.25, -0.2) is 0 Å². The zero-order valence-corrected chi connectivity index (χ0v) is 21.6. The van der Waals surface area contributed by atoms with E-state index in [1.807, 2.05) is 54.6 Å². The van der Waals surface area contributed by atoms with Crippen LogP contribution in [0, 0.1) is 13.8 Å². The Balaban J connectivity index is 1.78. The molecule has 4 aromatic carbocycles. The molecule has 0 aliphatic carbocycles. The van der Waals surface area contributed by atoms with Crippen molar-refractivity contribution in [2.45, 2.75) is 19.8 Å². The van der Waals surface area contributed by atoms with Crippen molar-refractivity contribution < 1.29 is 14.9 Å². The van der Waals surface area contributed by atoms with Crippen molar-refractivity contribution >= 4 is 12.2 Å². The number of hydrogen-bond donors (Lipinski definition) is 2. The number of benzene rings is 4. The van der Waals surface area contributed by atoms with Gasteiger partial charge in [0.05, 0.1) is 0 Å². The van der Waals surface area contributed by atoms with Crippen molar-refractivity contribution in [1.29, 1.82) is 0 Å². The van der Waals surface area contributed by atoms with Crippen LogP contribution < -0.4 is 4.74 Å². The summed E-state index contributed by atoms with van der Waals surface area (Å²) in [6.07, 6.45) is 7.02. The summed E-state index contributed by atoms with van der Waals surface area (Å²) in [7, 11) is 0. The highest BCUT2D eigenvalue weighted by Crippen LogP contribution is 2.51. The van der Waals surface area contributed by atoms with E-state index in [2.05, 4.69) is 63.4 Å². The quantitative estimate of drug-likeness (QED) is 0.181. The molecule has 0 bridgehead atoms. The summed E-state index contributed by atoms with van der Waals surface area (Å²) < 4.78 is 6.49. The fourth-order valence-corrected chi connectivity index (χ4v) is 5.12. The Labute approximate surface area is 224 Å². The van der Waals surface area contributed by atoms with Crippen LogP contribution in [0.4, 0.5) is 0 Å². The third kappa shape index (κ3) is 4.79. The van der Waals surface area contributed by atoms with Crippen molar-refractivity contribution in [1.82, 2.24) is 0 Å². The van der Waals surface area contributed by atoms with Crippen LogP contribution in [0.25, 0.3) is 23.3 Å². The maximum absolute atomic E-state index is 9.84. The van der Waals surface area contributed by atoms with Gasteiger partial charge in [-0.15, -0.1) is 0 Å². The maximum Gasteiger partial charge on any atom is 0.132 e. The van der Waals surface area contributed by atoms with Gasteiger partial charge in [0.1, 0.15) is 23.0 Å². The number of aryl methyl sites for hydroxylation is 2. The highest BCUT2D eigenvalue weighted by atomic mass is 16.5. The predicted octanol–water partition coefficient (Wildman–Crippen LogP) is 9.43. The van der Waals surface area contributed by atoms with Crippen LogP contribution in [0.15, 0.2) is 116 Å². The second-order valence-corrected chi connectivity index (χ2v) is 9.59. The Morgan fingerprint density at radius 3 is 1.61 bits per heavy atom. The summed E-state index contributed by atoms with van der Waals surface area (Å²) in [5, 5.41) is 19.7. The standard InChI is InChI=1S/C35H30O3/c1-22-10-20-31-34(29(22)18-12-24(3)36)33(28-16-14-27(15-17-28)26-8-6-5-7-9-26)35-30(19-13-25(4)37)23(2)11-21-32(35)38-31/h5-21,33,36-37H,3-4H2,1-2H3/b18-12-,19-13-. The van der Waals surface area contributed by atoms with Crippen LogP contribution in [-0.2, 0) is 0 Å². The van der Waals surface area contributed by atoms with Crippen LogP contribution >= 0.6 is 0 Å². The lowest BCUT2D eigenvalue weighted by Crippen LogP contribution is -2.16. The Bertz CT molecular complexity index is 1510. The Kier molecular flexibility index (Phi) is 6.76. The van der Waals surface area contributed by atoms with Gasteiger partial charge in [0.2, 0.25) is 0 Å². The molecule has 4 aromatic rings. The largest absolute Gasteiger partial charge is 0.509 e. The number of aliphatic hydroxyl groups is 2. The minimum atomic E-state index is -0.156. The topological polar surface area (TPSA) is 49.7 Å². The van der Waals surface area contributed by atoms with Crippen LogP contribution in [0.5, 0.6) is 11.5 Å². The molecule has 3 heteroatoms. The van der Waals surface area contributed by atoms with Crippen LogP contribution in [0.2, 0.25) is 0 Å². The van der Waals surface area contributed by atoms with E-state index in [4.69, 9.17) is 4.74 Å². The van der Waals surface area contributed by atoms with Crippen molar-refractivity contribution in [3.63, 3.8) is 0 Å². The van der Waals surface area contributed by atoms with E-state index >= 15 is 0 Å². The second kappa shape index (κ2) is 10.3. The third-order valence-electron chi connectivity index (χ3n) is 6.96. The van der Waals surface area contributed by atoms with Gasteiger partial charge >= 0.3 is 0 Å². The van der Waals surface area contributed by atoms with E-state index in [1.54, 1.807) is 12.2 Å². The van der Waals surface area contributed by atoms with Crippen LogP contribution in [0.1, 0.15) is 44.9 Å². The molecule has 38 heavy (non-hydrogen) atoms. The monoisotopic (exact) mass is 498 g/mol. The van der Waals surface area contributed by atoms with Gasteiger partial charge in [-0.05, 0) is 77.1 Å². The minimum Gasteiger partial charge on any atom is -0.509 e. The third-order valence-corrected chi connectivity index (χ3v) is 6.96. The molecule has 188 valence electrons. The molecular weight excluding hydrogens is 468 g/mol. The number of allylic oxidation sites excluding steroid dienone is 2. The van der Waals surface area contributed by atoms with E-state index < -0.39 is 0 Å². The molecule has 0 fully saturated rings. The number of aliphatic hydroxyl groups excluding tert-OH is 2. The van der Waals surface area contributed by atoms with Gasteiger partial charge in [0.25, 0.3) is 0 Å². The highest BCUT2D eigenvalue weighted by Gasteiger charge is 2.33. The SMILES string of the molecule is C=C(O)/C=C\c1c(C)ccc2c1C(c1ccc(-c3ccccc3)cc1)c1c(ccc(C)c1/C=C\C(=C)O)O2. The summed E-state index contributed by atoms with van der Waals surface area (Å²) in [4.78, 5) is 0. The lowest BCUT2D eigenvalue weighted by Gasteiger charge is -2.33. The summed E-state index contributed by atoms with van der Waals surface area (Å²) in [5.74, 6) is 1.37. The zero-order chi connectivity index (χ0) is 26.8. The van der Waals surface area contributed by atoms with E-state index in [9.17, 15) is 10.2 Å². The number of hydrogen-bond acceptors (Lipinski definition) is 3. The first-order valence-electron chi connectivity index (χ1n) is 12.6. The van der Waals surface area contributed by atoms with E-state index in [-0.39, 0.29) is 17.4 Å². The molecule has 1 aliphatic rings. The lowest BCUT2D eigenvalue weighted by atomic mass is 9.76. The molecule has 0 amide bonds. The fourth-order valence-electron chi connectivity index (χ4n) is 5.12. The smallest absolute Gasteiger partial charge is 0.132 e. The molecule has 1 heterocycles. The van der Waals surface area contributed by atoms with Gasteiger partial charge in [0.15, 0.2) is 0 Å². The zero-order valence-electron chi connectivity index (χ0n) is 21.6. The van der Waals surface area contributed by atoms with Crippen molar-refractivity contribution in [3.8, 4) is 22.6 Å². The number of rotatable bonds is 6. The molecule has 2 N–H and O–H groups in total. The molecule has 0 atom stereocenters. The summed E-state index contributed by atoms with van der Waals surface area (Å²) in [6, 6.07) is 27.1. The minimum absolute atomic E-state index is 0.0104. The molecule has 0 radical (unpaired) electrons. The fraction of sp³-hybridized carbons (Fsp3) is 0.0857. The first-order chi connectivity index (χ1) is 18.3. The van der Waals surface area contributed by atoms with E-state index in [0.29, 0.717) is 0 Å². The van der Waals surface area contributed by atoms with Crippen LogP contribution in [-0.4, -0.2) is 10.2 Å². The highest BCUT2D eigenvalue weighted by molar-refractivity contribution is 5.75. The Morgan fingerprint density at radius 1 is 0.658 bits per heavy atom. The maximum atomic E-state index is 9.84. The Morgan fingerprint density at radius 2 is 1.13 bits per heavy atom. The molecule has 0 spiro atoms. The normalized spacial score (nSPS) is 12.8. The summed E-state index contributed by atoms with van der Waals surface area (Å²) >= 11 is 0. The number of ether oxygens (including phenoxy) is 1. The molecule has 3 nitrogen and oxygen atoms in total. The van der Waals surface area contributed by atoms with Gasteiger partial charge in [-0.1, -0.05) is 92.0 Å². The lowest BCUT2D eigenvalue weighted by molar-refractivity contribution is 0.435. The molecule has 5 rings (SSSR count). The molecule has 0 unspecified atom stereocenters. The second-order valence-electron chi connectivity index (χ2n) is 9.59. The average molecular weight is 499 g/mol. The van der Waals surface area contributed by atoms with Crippen molar-refractivity contribution in [2.75, 3.05) is 0 Å². The molecule has 0 aromatic heterocycles. The first-order valence-corrected chi connectivity index (χ1v) is 12.6. The van der Waals surface area contributed by atoms with E-state index in [0.717, 1.165) is 61.6 Å². The van der Waals surface area contributed by atoms with Gasteiger partial charge in [-0.3, -0.25) is 0 Å². The predicted molar refractivity (Wildman–Crippen MR) is 157 cm³/mol. The Hall–Kier alpha value is -4.76. The van der Waals surface area contributed by atoms with Crippen molar-refractivity contribution in [3.05, 3.63) is 155 Å². The van der Waals surface area contributed by atoms with Gasteiger partial charge in [-0.2, -0.15) is 0 Å². The molecule has 0 saturated carbocycles. The van der Waals surface area contributed by atoms with Crippen molar-refractivity contribution in [2.24, 2.45) is 0 Å². The van der Waals surface area contributed by atoms with Gasteiger partial charge < -0.3 is 14.9 Å². The summed E-state index contributed by atoms with van der Waals surface area (Å²) in [6.45, 7) is 11.4. The first kappa shape index (κ1) is 24.9. The van der Waals surface area contributed by atoms with E-state index in [1.165, 1.54) is 0 Å². The van der Waals surface area contributed by atoms with Gasteiger partial charge in [0, 0.05) is 17.0 Å². The average Bonchev–Trinajstić information content (AvgIpc) is 2.91.